The molecule has 0 saturated carbocycles. The average Bonchev–Trinajstić information content (AvgIpc) is 2.57. The second-order valence-electron chi connectivity index (χ2n) is 6.10. The summed E-state index contributed by atoms with van der Waals surface area (Å²) >= 11 is 5.31. The Balaban J connectivity index is 2.08. The van der Waals surface area contributed by atoms with Crippen molar-refractivity contribution >= 4 is 28.9 Å². The van der Waals surface area contributed by atoms with Gasteiger partial charge in [-0.1, -0.05) is 38.1 Å². The topological polar surface area (TPSA) is 41.1 Å². The minimum Gasteiger partial charge on any atom is -0.332 e. The Labute approximate surface area is 149 Å². The molecule has 0 aliphatic carbocycles. The molecule has 0 radical (unpaired) electrons. The van der Waals surface area contributed by atoms with E-state index >= 15 is 0 Å². The third-order valence-electron chi connectivity index (χ3n) is 4.35. The molecule has 2 aromatic carbocycles. The van der Waals surface area contributed by atoms with E-state index in [2.05, 4.69) is 30.5 Å². The number of para-hydroxylation sites is 1. The number of hydrogen-bond donors (Lipinski definition) is 2. The van der Waals surface area contributed by atoms with Crippen molar-refractivity contribution in [2.75, 3.05) is 5.32 Å². The molecule has 0 spiro atoms. The van der Waals surface area contributed by atoms with Crippen molar-refractivity contribution in [3.8, 4) is 0 Å². The van der Waals surface area contributed by atoms with Crippen LogP contribution < -0.4 is 10.6 Å². The highest BCUT2D eigenvalue weighted by atomic mass is 32.1. The molecule has 0 fully saturated rings. The van der Waals surface area contributed by atoms with Gasteiger partial charge in [-0.05, 0) is 73.3 Å². The summed E-state index contributed by atoms with van der Waals surface area (Å²) in [5.41, 5.74) is 5.00. The number of thiocarbonyl (C=S) groups is 1. The van der Waals surface area contributed by atoms with E-state index in [4.69, 9.17) is 12.2 Å². The predicted octanol–water partition coefficient (Wildman–Crippen LogP) is 4.94. The van der Waals surface area contributed by atoms with Crippen LogP contribution in [0.3, 0.4) is 0 Å². The second-order valence-corrected chi connectivity index (χ2v) is 6.51. The summed E-state index contributed by atoms with van der Waals surface area (Å²) in [4.78, 5) is 12.3. The van der Waals surface area contributed by atoms with Crippen molar-refractivity contribution in [1.29, 1.82) is 0 Å². The summed E-state index contributed by atoms with van der Waals surface area (Å²) < 4.78 is 0. The van der Waals surface area contributed by atoms with Gasteiger partial charge in [0.1, 0.15) is 0 Å². The van der Waals surface area contributed by atoms with Crippen LogP contribution in [-0.2, 0) is 0 Å². The minimum atomic E-state index is -0.198. The Kier molecular flexibility index (Phi) is 6.10. The maximum absolute atomic E-state index is 12.3. The monoisotopic (exact) mass is 340 g/mol. The molecule has 2 N–H and O–H groups in total. The van der Waals surface area contributed by atoms with Crippen LogP contribution in [-0.4, -0.2) is 11.0 Å². The molecular formula is C20H24N2OS. The number of benzene rings is 2. The highest BCUT2D eigenvalue weighted by Gasteiger charge is 2.12. The highest BCUT2D eigenvalue weighted by molar-refractivity contribution is 7.80. The summed E-state index contributed by atoms with van der Waals surface area (Å²) in [6.07, 6.45) is 1.04. The Bertz CT molecular complexity index is 755. The summed E-state index contributed by atoms with van der Waals surface area (Å²) in [5, 5.41) is 6.22. The molecule has 0 aromatic heterocycles. The van der Waals surface area contributed by atoms with Crippen molar-refractivity contribution in [3.63, 3.8) is 0 Å². The van der Waals surface area contributed by atoms with Gasteiger partial charge in [0, 0.05) is 11.3 Å². The van der Waals surface area contributed by atoms with Gasteiger partial charge in [-0.3, -0.25) is 10.1 Å². The molecule has 0 unspecified atom stereocenters. The van der Waals surface area contributed by atoms with Crippen molar-refractivity contribution in [3.05, 3.63) is 64.7 Å². The summed E-state index contributed by atoms with van der Waals surface area (Å²) in [7, 11) is 0. The lowest BCUT2D eigenvalue weighted by molar-refractivity contribution is 0.0977. The number of hydrogen-bond acceptors (Lipinski definition) is 2. The van der Waals surface area contributed by atoms with Crippen molar-refractivity contribution < 1.29 is 4.79 Å². The zero-order chi connectivity index (χ0) is 17.7. The van der Waals surface area contributed by atoms with Crippen LogP contribution in [0.25, 0.3) is 0 Å². The summed E-state index contributed by atoms with van der Waals surface area (Å²) in [5.74, 6) is 0.226. The summed E-state index contributed by atoms with van der Waals surface area (Å²) in [6.45, 7) is 8.35. The Hall–Kier alpha value is -2.20. The fraction of sp³-hybridized carbons (Fsp3) is 0.300. The summed E-state index contributed by atoms with van der Waals surface area (Å²) in [6, 6.07) is 13.7. The number of anilines is 1. The third-order valence-corrected chi connectivity index (χ3v) is 4.55. The minimum absolute atomic E-state index is 0.198. The maximum atomic E-state index is 12.3. The molecule has 2 aromatic rings. The smallest absolute Gasteiger partial charge is 0.257 e. The van der Waals surface area contributed by atoms with Gasteiger partial charge in [-0.25, -0.2) is 0 Å². The first-order chi connectivity index (χ1) is 11.4. The van der Waals surface area contributed by atoms with E-state index in [0.29, 0.717) is 16.6 Å². The first kappa shape index (κ1) is 18.1. The van der Waals surface area contributed by atoms with Crippen LogP contribution in [0.15, 0.2) is 42.5 Å². The third kappa shape index (κ3) is 4.42. The van der Waals surface area contributed by atoms with E-state index in [9.17, 15) is 4.79 Å². The molecule has 126 valence electrons. The quantitative estimate of drug-likeness (QED) is 0.774. The lowest BCUT2D eigenvalue weighted by atomic mass is 9.97. The first-order valence-electron chi connectivity index (χ1n) is 8.21. The van der Waals surface area contributed by atoms with Crippen LogP contribution in [0.2, 0.25) is 0 Å². The molecule has 0 saturated heterocycles. The van der Waals surface area contributed by atoms with Gasteiger partial charge in [0.25, 0.3) is 5.91 Å². The van der Waals surface area contributed by atoms with Crippen molar-refractivity contribution in [2.24, 2.45) is 0 Å². The molecular weight excluding hydrogens is 316 g/mol. The lowest BCUT2D eigenvalue weighted by Crippen LogP contribution is -2.34. The number of carbonyl (C=O) groups excluding carboxylic acids is 1. The number of amides is 1. The van der Waals surface area contributed by atoms with Crippen molar-refractivity contribution in [1.82, 2.24) is 5.32 Å². The molecule has 1 amide bonds. The van der Waals surface area contributed by atoms with Gasteiger partial charge >= 0.3 is 0 Å². The average molecular weight is 340 g/mol. The van der Waals surface area contributed by atoms with Crippen LogP contribution in [0.5, 0.6) is 0 Å². The van der Waals surface area contributed by atoms with Crippen molar-refractivity contribution in [2.45, 2.75) is 40.0 Å². The Morgan fingerprint density at radius 1 is 1.12 bits per heavy atom. The fourth-order valence-electron chi connectivity index (χ4n) is 2.47. The van der Waals surface area contributed by atoms with Gasteiger partial charge in [0.05, 0.1) is 0 Å². The molecule has 3 nitrogen and oxygen atoms in total. The van der Waals surface area contributed by atoms with Crippen LogP contribution in [0, 0.1) is 13.8 Å². The first-order valence-corrected chi connectivity index (χ1v) is 8.61. The van der Waals surface area contributed by atoms with Gasteiger partial charge in [0.15, 0.2) is 5.11 Å². The molecule has 0 aliphatic rings. The Morgan fingerprint density at radius 2 is 1.83 bits per heavy atom. The highest BCUT2D eigenvalue weighted by Crippen LogP contribution is 2.26. The van der Waals surface area contributed by atoms with E-state index in [1.165, 1.54) is 5.56 Å². The van der Waals surface area contributed by atoms with E-state index < -0.39 is 0 Å². The lowest BCUT2D eigenvalue weighted by Gasteiger charge is -2.17. The van der Waals surface area contributed by atoms with E-state index in [0.717, 1.165) is 23.2 Å². The zero-order valence-corrected chi connectivity index (χ0v) is 15.5. The van der Waals surface area contributed by atoms with Crippen LogP contribution in [0.1, 0.15) is 53.2 Å². The number of carbonyl (C=O) groups is 1. The zero-order valence-electron chi connectivity index (χ0n) is 14.6. The van der Waals surface area contributed by atoms with Crippen LogP contribution >= 0.6 is 12.2 Å². The molecule has 0 bridgehead atoms. The normalized spacial score (nSPS) is 11.7. The molecule has 4 heteroatoms. The van der Waals surface area contributed by atoms with Gasteiger partial charge < -0.3 is 5.32 Å². The number of rotatable bonds is 4. The second kappa shape index (κ2) is 8.06. The molecule has 0 aliphatic heterocycles. The van der Waals surface area contributed by atoms with E-state index in [1.807, 2.05) is 50.2 Å². The standard InChI is InChI=1S/C20H24N2OS/c1-5-13(2)17-8-6-7-9-18(17)21-20(24)22-19(23)16-11-10-14(3)15(4)12-16/h6-13H,5H2,1-4H3,(H2,21,22,23,24)/t13-/m1/s1. The molecule has 24 heavy (non-hydrogen) atoms. The maximum Gasteiger partial charge on any atom is 0.257 e. The molecule has 2 rings (SSSR count). The predicted molar refractivity (Wildman–Crippen MR) is 105 cm³/mol. The van der Waals surface area contributed by atoms with Crippen LogP contribution in [0.4, 0.5) is 5.69 Å². The SMILES string of the molecule is CC[C@@H](C)c1ccccc1NC(=S)NC(=O)c1ccc(C)c(C)c1. The van der Waals surface area contributed by atoms with Gasteiger partial charge in [0.2, 0.25) is 0 Å². The van der Waals surface area contributed by atoms with Gasteiger partial charge in [-0.15, -0.1) is 0 Å². The fourth-order valence-corrected chi connectivity index (χ4v) is 2.67. The largest absolute Gasteiger partial charge is 0.332 e. The van der Waals surface area contributed by atoms with Gasteiger partial charge in [-0.2, -0.15) is 0 Å². The number of nitrogens with one attached hydrogen (secondary N) is 2. The van der Waals surface area contributed by atoms with E-state index in [1.54, 1.807) is 0 Å². The molecule has 1 atom stereocenters. The van der Waals surface area contributed by atoms with E-state index in [-0.39, 0.29) is 5.91 Å². The Morgan fingerprint density at radius 3 is 2.50 bits per heavy atom. The number of aryl methyl sites for hydroxylation is 2. The molecule has 0 heterocycles.